The van der Waals surface area contributed by atoms with Crippen LogP contribution in [0.15, 0.2) is 54.6 Å². The van der Waals surface area contributed by atoms with Crippen LogP contribution in [-0.2, 0) is 11.2 Å². The van der Waals surface area contributed by atoms with Crippen molar-refractivity contribution in [1.82, 2.24) is 4.90 Å². The average Bonchev–Trinajstić information content (AvgIpc) is 2.98. The van der Waals surface area contributed by atoms with Gasteiger partial charge in [-0.2, -0.15) is 0 Å². The Hall–Kier alpha value is -2.20. The van der Waals surface area contributed by atoms with Crippen molar-refractivity contribution in [2.75, 3.05) is 19.7 Å². The molecule has 3 nitrogen and oxygen atoms in total. The molecule has 1 amide bonds. The van der Waals surface area contributed by atoms with Crippen LogP contribution in [0.2, 0.25) is 0 Å². The lowest BCUT2D eigenvalue weighted by Gasteiger charge is -2.47. The molecule has 4 heteroatoms. The molecule has 2 aliphatic heterocycles. The number of carbonyl (C=O) groups excluding carboxylic acids is 1. The van der Waals surface area contributed by atoms with E-state index in [-0.39, 0.29) is 23.2 Å². The Morgan fingerprint density at radius 2 is 1.96 bits per heavy atom. The first kappa shape index (κ1) is 15.3. The zero-order valence-electron chi connectivity index (χ0n) is 13.5. The molecule has 2 saturated heterocycles. The molecule has 2 aromatic carbocycles. The number of hydrogen-bond donors (Lipinski definition) is 0. The summed E-state index contributed by atoms with van der Waals surface area (Å²) < 4.78 is 19.2. The van der Waals surface area contributed by atoms with Gasteiger partial charge in [0.25, 0.3) is 5.91 Å². The summed E-state index contributed by atoms with van der Waals surface area (Å²) in [6, 6.07) is 16.1. The highest BCUT2D eigenvalue weighted by Crippen LogP contribution is 2.42. The van der Waals surface area contributed by atoms with Crippen molar-refractivity contribution in [3.05, 3.63) is 71.5 Å². The molecule has 2 aromatic rings. The molecule has 0 bridgehead atoms. The largest absolute Gasteiger partial charge is 0.377 e. The van der Waals surface area contributed by atoms with Crippen molar-refractivity contribution in [2.45, 2.75) is 18.9 Å². The molecule has 2 aliphatic rings. The Bertz CT molecular complexity index is 740. The second kappa shape index (κ2) is 6.02. The smallest absolute Gasteiger partial charge is 0.253 e. The summed E-state index contributed by atoms with van der Waals surface area (Å²) >= 11 is 0. The van der Waals surface area contributed by atoms with Gasteiger partial charge in [-0.3, -0.25) is 4.79 Å². The number of ether oxygens (including phenoxy) is 1. The van der Waals surface area contributed by atoms with Crippen LogP contribution in [0.1, 0.15) is 22.3 Å². The Balaban J connectivity index is 1.34. The Morgan fingerprint density at radius 3 is 2.71 bits per heavy atom. The van der Waals surface area contributed by atoms with Gasteiger partial charge in [0.1, 0.15) is 5.82 Å². The summed E-state index contributed by atoms with van der Waals surface area (Å²) in [5.41, 5.74) is 1.79. The minimum atomic E-state index is -0.205. The van der Waals surface area contributed by atoms with E-state index in [1.165, 1.54) is 6.07 Å². The second-order valence-corrected chi connectivity index (χ2v) is 7.00. The number of halogens is 1. The van der Waals surface area contributed by atoms with E-state index in [1.54, 1.807) is 12.1 Å². The van der Waals surface area contributed by atoms with Crippen LogP contribution >= 0.6 is 0 Å². The fourth-order valence-corrected chi connectivity index (χ4v) is 3.84. The van der Waals surface area contributed by atoms with Gasteiger partial charge in [0.15, 0.2) is 0 Å². The highest BCUT2D eigenvalue weighted by molar-refractivity contribution is 5.94. The van der Waals surface area contributed by atoms with Crippen LogP contribution in [0.5, 0.6) is 0 Å². The topological polar surface area (TPSA) is 29.5 Å². The van der Waals surface area contributed by atoms with Gasteiger partial charge in [-0.05, 0) is 42.7 Å². The summed E-state index contributed by atoms with van der Waals surface area (Å²) in [5, 5.41) is 0. The van der Waals surface area contributed by atoms with Crippen LogP contribution in [0.4, 0.5) is 4.39 Å². The fraction of sp³-hybridized carbons (Fsp3) is 0.350. The van der Waals surface area contributed by atoms with Crippen molar-refractivity contribution in [2.24, 2.45) is 5.41 Å². The molecule has 2 heterocycles. The molecule has 124 valence electrons. The third-order valence-electron chi connectivity index (χ3n) is 5.00. The van der Waals surface area contributed by atoms with E-state index in [1.807, 2.05) is 41.3 Å². The molecule has 1 atom stereocenters. The van der Waals surface area contributed by atoms with Crippen molar-refractivity contribution in [1.29, 1.82) is 0 Å². The first-order chi connectivity index (χ1) is 11.6. The van der Waals surface area contributed by atoms with Gasteiger partial charge < -0.3 is 9.64 Å². The summed E-state index contributed by atoms with van der Waals surface area (Å²) in [7, 11) is 0. The highest BCUT2D eigenvalue weighted by atomic mass is 19.1. The van der Waals surface area contributed by atoms with Crippen molar-refractivity contribution >= 4 is 5.91 Å². The molecule has 2 fully saturated rings. The molecule has 0 radical (unpaired) electrons. The molecule has 0 aliphatic carbocycles. The van der Waals surface area contributed by atoms with E-state index in [4.69, 9.17) is 4.74 Å². The lowest BCUT2D eigenvalue weighted by Crippen LogP contribution is -2.58. The Kier molecular flexibility index (Phi) is 3.85. The fourth-order valence-electron chi connectivity index (χ4n) is 3.84. The van der Waals surface area contributed by atoms with Gasteiger partial charge >= 0.3 is 0 Å². The van der Waals surface area contributed by atoms with E-state index in [2.05, 4.69) is 0 Å². The van der Waals surface area contributed by atoms with Crippen molar-refractivity contribution in [3.63, 3.8) is 0 Å². The standard InChI is InChI=1S/C20H20FNO2/c21-17-8-4-5-15(9-17)10-18-11-20(14-24-18)12-22(13-20)19(23)16-6-2-1-3-7-16/h1-9,18H,10-14H2/t18-/m0/s1. The zero-order chi connectivity index (χ0) is 16.6. The number of rotatable bonds is 3. The molecular weight excluding hydrogens is 305 g/mol. The second-order valence-electron chi connectivity index (χ2n) is 7.00. The summed E-state index contributed by atoms with van der Waals surface area (Å²) in [5.74, 6) is -0.113. The number of nitrogens with zero attached hydrogens (tertiary/aromatic N) is 1. The van der Waals surface area contributed by atoms with Crippen LogP contribution in [0.25, 0.3) is 0 Å². The summed E-state index contributed by atoms with van der Waals surface area (Å²) in [4.78, 5) is 14.3. The van der Waals surface area contributed by atoms with Gasteiger partial charge in [0, 0.05) is 24.1 Å². The normalized spacial score (nSPS) is 21.7. The van der Waals surface area contributed by atoms with E-state index in [9.17, 15) is 9.18 Å². The van der Waals surface area contributed by atoms with Crippen LogP contribution < -0.4 is 0 Å². The lowest BCUT2D eigenvalue weighted by molar-refractivity contribution is -0.00133. The number of carbonyl (C=O) groups is 1. The quantitative estimate of drug-likeness (QED) is 0.866. The van der Waals surface area contributed by atoms with Gasteiger partial charge in [-0.1, -0.05) is 30.3 Å². The third kappa shape index (κ3) is 2.94. The third-order valence-corrected chi connectivity index (χ3v) is 5.00. The Labute approximate surface area is 141 Å². The van der Waals surface area contributed by atoms with E-state index in [0.717, 1.165) is 37.1 Å². The maximum Gasteiger partial charge on any atom is 0.253 e. The molecule has 0 unspecified atom stereocenters. The van der Waals surface area contributed by atoms with Crippen molar-refractivity contribution in [3.8, 4) is 0 Å². The molecule has 0 saturated carbocycles. The van der Waals surface area contributed by atoms with Crippen LogP contribution in [-0.4, -0.2) is 36.6 Å². The predicted octanol–water partition coefficient (Wildman–Crippen LogP) is 3.30. The maximum atomic E-state index is 13.3. The minimum Gasteiger partial charge on any atom is -0.377 e. The number of amides is 1. The highest BCUT2D eigenvalue weighted by Gasteiger charge is 2.50. The molecule has 1 spiro atoms. The van der Waals surface area contributed by atoms with Crippen molar-refractivity contribution < 1.29 is 13.9 Å². The first-order valence-corrected chi connectivity index (χ1v) is 8.34. The SMILES string of the molecule is O=C(c1ccccc1)N1CC2(CO[C@@H](Cc3cccc(F)c3)C2)C1. The average molecular weight is 325 g/mol. The van der Waals surface area contributed by atoms with Crippen LogP contribution in [0.3, 0.4) is 0 Å². The molecule has 0 N–H and O–H groups in total. The monoisotopic (exact) mass is 325 g/mol. The van der Waals surface area contributed by atoms with E-state index < -0.39 is 0 Å². The number of benzene rings is 2. The van der Waals surface area contributed by atoms with Gasteiger partial charge in [-0.25, -0.2) is 4.39 Å². The van der Waals surface area contributed by atoms with Crippen LogP contribution in [0, 0.1) is 11.2 Å². The van der Waals surface area contributed by atoms with E-state index >= 15 is 0 Å². The lowest BCUT2D eigenvalue weighted by atomic mass is 9.77. The molecule has 4 rings (SSSR count). The molecule has 24 heavy (non-hydrogen) atoms. The zero-order valence-corrected chi connectivity index (χ0v) is 13.5. The summed E-state index contributed by atoms with van der Waals surface area (Å²) in [6.45, 7) is 2.19. The molecule has 0 aromatic heterocycles. The number of likely N-dealkylation sites (tertiary alicyclic amines) is 1. The first-order valence-electron chi connectivity index (χ1n) is 8.34. The molecular formula is C20H20FNO2. The van der Waals surface area contributed by atoms with Gasteiger partial charge in [-0.15, -0.1) is 0 Å². The minimum absolute atomic E-state index is 0.0857. The predicted molar refractivity (Wildman–Crippen MR) is 89.2 cm³/mol. The van der Waals surface area contributed by atoms with Gasteiger partial charge in [0.2, 0.25) is 0 Å². The summed E-state index contributed by atoms with van der Waals surface area (Å²) in [6.07, 6.45) is 1.77. The maximum absolute atomic E-state index is 13.3. The van der Waals surface area contributed by atoms with E-state index in [0.29, 0.717) is 6.61 Å². The van der Waals surface area contributed by atoms with Gasteiger partial charge in [0.05, 0.1) is 12.7 Å². The Morgan fingerprint density at radius 1 is 1.17 bits per heavy atom. The number of hydrogen-bond acceptors (Lipinski definition) is 2.